The van der Waals surface area contributed by atoms with Crippen LogP contribution in [0.1, 0.15) is 5.56 Å². The lowest BCUT2D eigenvalue weighted by Gasteiger charge is -2.22. The molecule has 0 saturated carbocycles. The first-order valence-corrected chi connectivity index (χ1v) is 11.1. The van der Waals surface area contributed by atoms with E-state index in [0.717, 1.165) is 16.9 Å². The number of amides is 2. The number of sulfonamides is 1. The van der Waals surface area contributed by atoms with Crippen LogP contribution in [0.4, 0.5) is 0 Å². The molecule has 156 valence electrons. The van der Waals surface area contributed by atoms with Crippen molar-refractivity contribution in [1.82, 2.24) is 14.9 Å². The SMILES string of the molecule is COc1ccccc1CNC(=O)C(=O)NC[C@H]1OCCN1S(=O)(=O)c1cccs1. The van der Waals surface area contributed by atoms with Crippen molar-refractivity contribution in [2.75, 3.05) is 26.8 Å². The molecule has 0 bridgehead atoms. The van der Waals surface area contributed by atoms with E-state index in [1.807, 2.05) is 0 Å². The van der Waals surface area contributed by atoms with Crippen LogP contribution in [0.15, 0.2) is 46.0 Å². The molecule has 1 atom stereocenters. The Morgan fingerprint density at radius 3 is 2.69 bits per heavy atom. The van der Waals surface area contributed by atoms with Gasteiger partial charge < -0.3 is 20.1 Å². The minimum atomic E-state index is -3.71. The van der Waals surface area contributed by atoms with E-state index in [1.54, 1.807) is 35.7 Å². The molecule has 29 heavy (non-hydrogen) atoms. The molecule has 2 N–H and O–H groups in total. The van der Waals surface area contributed by atoms with E-state index >= 15 is 0 Å². The van der Waals surface area contributed by atoms with Crippen LogP contribution in [-0.2, 0) is 30.9 Å². The van der Waals surface area contributed by atoms with Crippen LogP contribution in [0.3, 0.4) is 0 Å². The van der Waals surface area contributed by atoms with Crippen LogP contribution >= 0.6 is 11.3 Å². The van der Waals surface area contributed by atoms with Gasteiger partial charge in [0.2, 0.25) is 0 Å². The topological polar surface area (TPSA) is 114 Å². The third kappa shape index (κ3) is 4.93. The molecule has 1 aliphatic rings. The summed E-state index contributed by atoms with van der Waals surface area (Å²) < 4.78 is 37.3. The summed E-state index contributed by atoms with van der Waals surface area (Å²) in [5.41, 5.74) is 0.725. The molecule has 1 aromatic carbocycles. The summed E-state index contributed by atoms with van der Waals surface area (Å²) in [6.07, 6.45) is -0.868. The third-order valence-corrected chi connectivity index (χ3v) is 7.54. The first kappa shape index (κ1) is 21.2. The Morgan fingerprint density at radius 2 is 1.97 bits per heavy atom. The normalized spacial score (nSPS) is 17.1. The van der Waals surface area contributed by atoms with Crippen molar-refractivity contribution in [1.29, 1.82) is 0 Å². The molecule has 9 nitrogen and oxygen atoms in total. The second-order valence-corrected chi connectivity index (χ2v) is 9.14. The maximum absolute atomic E-state index is 12.7. The summed E-state index contributed by atoms with van der Waals surface area (Å²) >= 11 is 1.11. The Balaban J connectivity index is 1.53. The molecule has 1 saturated heterocycles. The zero-order valence-electron chi connectivity index (χ0n) is 15.7. The van der Waals surface area contributed by atoms with Gasteiger partial charge in [0, 0.05) is 18.7 Å². The molecule has 11 heteroatoms. The number of hydrogen-bond acceptors (Lipinski definition) is 7. The molecule has 0 spiro atoms. The molecule has 1 aliphatic heterocycles. The Morgan fingerprint density at radius 1 is 1.21 bits per heavy atom. The lowest BCUT2D eigenvalue weighted by atomic mass is 10.2. The second-order valence-electron chi connectivity index (χ2n) is 6.08. The van der Waals surface area contributed by atoms with Gasteiger partial charge in [0.1, 0.15) is 16.2 Å². The fraction of sp³-hybridized carbons (Fsp3) is 0.333. The number of nitrogens with one attached hydrogen (secondary N) is 2. The molecule has 2 heterocycles. The Kier molecular flexibility index (Phi) is 6.85. The largest absolute Gasteiger partial charge is 0.496 e. The molecule has 1 aromatic heterocycles. The maximum Gasteiger partial charge on any atom is 0.309 e. The minimum absolute atomic E-state index is 0.120. The van der Waals surface area contributed by atoms with Gasteiger partial charge in [-0.15, -0.1) is 11.3 Å². The average molecular weight is 440 g/mol. The van der Waals surface area contributed by atoms with E-state index in [4.69, 9.17) is 9.47 Å². The molecule has 1 fully saturated rings. The Hall–Kier alpha value is -2.47. The van der Waals surface area contributed by atoms with Gasteiger partial charge in [-0.25, -0.2) is 8.42 Å². The van der Waals surface area contributed by atoms with Crippen molar-refractivity contribution in [3.05, 3.63) is 47.3 Å². The fourth-order valence-corrected chi connectivity index (χ4v) is 5.46. The molecule has 0 aliphatic carbocycles. The van der Waals surface area contributed by atoms with E-state index in [-0.39, 0.29) is 30.5 Å². The predicted molar refractivity (Wildman–Crippen MR) is 106 cm³/mol. The van der Waals surface area contributed by atoms with Gasteiger partial charge in [0.15, 0.2) is 0 Å². The standard InChI is InChI=1S/C18H21N3O6S2/c1-26-14-6-3-2-5-13(14)11-19-17(22)18(23)20-12-15-21(8-9-27-15)29(24,25)16-7-4-10-28-16/h2-7,10,15H,8-9,11-12H2,1H3,(H,19,22)(H,20,23)/t15-/m1/s1. The van der Waals surface area contributed by atoms with E-state index in [2.05, 4.69) is 10.6 Å². The van der Waals surface area contributed by atoms with Crippen molar-refractivity contribution in [2.45, 2.75) is 17.0 Å². The highest BCUT2D eigenvalue weighted by atomic mass is 32.2. The van der Waals surface area contributed by atoms with Crippen LogP contribution in [-0.4, -0.2) is 57.6 Å². The molecular weight excluding hydrogens is 418 g/mol. The summed E-state index contributed by atoms with van der Waals surface area (Å²) in [4.78, 5) is 24.1. The first-order valence-electron chi connectivity index (χ1n) is 8.78. The summed E-state index contributed by atoms with van der Waals surface area (Å²) in [7, 11) is -2.19. The van der Waals surface area contributed by atoms with E-state index in [9.17, 15) is 18.0 Å². The Labute approximate surface area is 172 Å². The summed E-state index contributed by atoms with van der Waals surface area (Å²) in [5.74, 6) is -1.10. The van der Waals surface area contributed by atoms with Crippen LogP contribution < -0.4 is 15.4 Å². The van der Waals surface area contributed by atoms with E-state index in [1.165, 1.54) is 17.5 Å². The summed E-state index contributed by atoms with van der Waals surface area (Å²) in [5, 5.41) is 6.61. The minimum Gasteiger partial charge on any atom is -0.496 e. The predicted octanol–water partition coefficient (Wildman–Crippen LogP) is 0.536. The monoisotopic (exact) mass is 439 g/mol. The number of benzene rings is 1. The number of rotatable bonds is 7. The molecular formula is C18H21N3O6S2. The number of nitrogens with zero attached hydrogens (tertiary/aromatic N) is 1. The molecule has 2 aromatic rings. The highest BCUT2D eigenvalue weighted by Crippen LogP contribution is 2.25. The van der Waals surface area contributed by atoms with Crippen molar-refractivity contribution in [3.8, 4) is 5.75 Å². The second kappa shape index (κ2) is 9.35. The summed E-state index contributed by atoms with van der Waals surface area (Å²) in [6, 6.07) is 10.3. The fourth-order valence-electron chi connectivity index (χ4n) is 2.83. The number of methoxy groups -OCH3 is 1. The zero-order chi connectivity index (χ0) is 20.9. The van der Waals surface area contributed by atoms with E-state index in [0.29, 0.717) is 5.75 Å². The van der Waals surface area contributed by atoms with Crippen molar-refractivity contribution < 1.29 is 27.5 Å². The highest BCUT2D eigenvalue weighted by molar-refractivity contribution is 7.91. The first-order chi connectivity index (χ1) is 13.9. The van der Waals surface area contributed by atoms with Gasteiger partial charge in [0.25, 0.3) is 10.0 Å². The van der Waals surface area contributed by atoms with Crippen LogP contribution in [0.5, 0.6) is 5.75 Å². The van der Waals surface area contributed by atoms with Gasteiger partial charge in [-0.1, -0.05) is 24.3 Å². The van der Waals surface area contributed by atoms with Crippen LogP contribution in [0, 0.1) is 0 Å². The van der Waals surface area contributed by atoms with Gasteiger partial charge in [-0.3, -0.25) is 9.59 Å². The highest BCUT2D eigenvalue weighted by Gasteiger charge is 2.37. The number of para-hydroxylation sites is 1. The van der Waals surface area contributed by atoms with E-state index < -0.39 is 28.1 Å². The van der Waals surface area contributed by atoms with Gasteiger partial charge in [-0.2, -0.15) is 4.31 Å². The number of ether oxygens (including phenoxy) is 2. The van der Waals surface area contributed by atoms with Crippen molar-refractivity contribution in [2.24, 2.45) is 0 Å². The zero-order valence-corrected chi connectivity index (χ0v) is 17.3. The lowest BCUT2D eigenvalue weighted by molar-refractivity contribution is -0.139. The van der Waals surface area contributed by atoms with Gasteiger partial charge >= 0.3 is 11.8 Å². The lowest BCUT2D eigenvalue weighted by Crippen LogP contribution is -2.47. The van der Waals surface area contributed by atoms with Gasteiger partial charge in [-0.05, 0) is 17.5 Å². The average Bonchev–Trinajstić information content (AvgIpc) is 3.43. The van der Waals surface area contributed by atoms with Gasteiger partial charge in [0.05, 0.1) is 20.3 Å². The maximum atomic E-state index is 12.7. The Bertz CT molecular complexity index is 962. The number of thiophene rings is 1. The molecule has 0 radical (unpaired) electrons. The van der Waals surface area contributed by atoms with Crippen molar-refractivity contribution in [3.63, 3.8) is 0 Å². The van der Waals surface area contributed by atoms with Crippen molar-refractivity contribution >= 4 is 33.2 Å². The van der Waals surface area contributed by atoms with Crippen LogP contribution in [0.2, 0.25) is 0 Å². The number of carbonyl (C=O) groups is 2. The number of hydrogen-bond donors (Lipinski definition) is 2. The number of carbonyl (C=O) groups excluding carboxylic acids is 2. The third-order valence-electron chi connectivity index (χ3n) is 4.28. The molecule has 2 amide bonds. The summed E-state index contributed by atoms with van der Waals surface area (Å²) in [6.45, 7) is 0.381. The van der Waals surface area contributed by atoms with Crippen LogP contribution in [0.25, 0.3) is 0 Å². The molecule has 3 rings (SSSR count). The molecule has 0 unspecified atom stereocenters. The smallest absolute Gasteiger partial charge is 0.309 e. The quantitative estimate of drug-likeness (QED) is 0.609.